The fourth-order valence-electron chi connectivity index (χ4n) is 1.22. The van der Waals surface area contributed by atoms with E-state index < -0.39 is 0 Å². The molecule has 0 fully saturated rings. The zero-order valence-corrected chi connectivity index (χ0v) is 8.21. The second-order valence-corrected chi connectivity index (χ2v) is 2.93. The minimum Gasteiger partial charge on any atom is -0.326 e. The van der Waals surface area contributed by atoms with Gasteiger partial charge in [-0.15, -0.1) is 0 Å². The van der Waals surface area contributed by atoms with Gasteiger partial charge in [-0.1, -0.05) is 31.4 Å². The second kappa shape index (κ2) is 4.42. The Morgan fingerprint density at radius 1 is 1.29 bits per heavy atom. The largest absolute Gasteiger partial charge is 0.326 e. The van der Waals surface area contributed by atoms with Crippen molar-refractivity contribution >= 4 is 23.7 Å². The van der Waals surface area contributed by atoms with Crippen LogP contribution in [0.1, 0.15) is 18.1 Å². The first kappa shape index (κ1) is 10.3. The molecule has 1 aromatic carbocycles. The van der Waals surface area contributed by atoms with E-state index in [0.717, 1.165) is 16.8 Å². The highest BCUT2D eigenvalue weighted by Gasteiger charge is 1.99. The molecule has 1 aromatic rings. The third kappa shape index (κ3) is 2.33. The van der Waals surface area contributed by atoms with Crippen molar-refractivity contribution in [2.45, 2.75) is 6.92 Å². The maximum atomic E-state index is 10.8. The first-order valence-electron chi connectivity index (χ1n) is 4.34. The van der Waals surface area contributed by atoms with E-state index in [-0.39, 0.29) is 5.91 Å². The number of hydrogen-bond donors (Lipinski definition) is 1. The lowest BCUT2D eigenvalue weighted by atomic mass is 10.1. The van der Waals surface area contributed by atoms with E-state index in [9.17, 15) is 4.79 Å². The van der Waals surface area contributed by atoms with Crippen molar-refractivity contribution in [3.63, 3.8) is 0 Å². The highest BCUT2D eigenvalue weighted by Crippen LogP contribution is 2.17. The first-order chi connectivity index (χ1) is 6.67. The normalized spacial score (nSPS) is 9.21. The van der Waals surface area contributed by atoms with E-state index in [2.05, 4.69) is 18.5 Å². The average Bonchev–Trinajstić information content (AvgIpc) is 2.16. The Morgan fingerprint density at radius 3 is 2.43 bits per heavy atom. The molecule has 0 heterocycles. The molecule has 1 amide bonds. The van der Waals surface area contributed by atoms with Crippen LogP contribution >= 0.6 is 0 Å². The van der Waals surface area contributed by atoms with Crippen molar-refractivity contribution in [2.24, 2.45) is 0 Å². The summed E-state index contributed by atoms with van der Waals surface area (Å²) in [5.41, 5.74) is 2.75. The average molecular weight is 187 g/mol. The Labute approximate surface area is 84.0 Å². The molecule has 0 saturated heterocycles. The second-order valence-electron chi connectivity index (χ2n) is 2.93. The van der Waals surface area contributed by atoms with Crippen LogP contribution in [0, 0.1) is 0 Å². The molecule has 0 spiro atoms. The van der Waals surface area contributed by atoms with Gasteiger partial charge >= 0.3 is 0 Å². The van der Waals surface area contributed by atoms with Crippen LogP contribution in [0.2, 0.25) is 0 Å². The van der Waals surface area contributed by atoms with Crippen LogP contribution in [0.25, 0.3) is 12.2 Å². The SMILES string of the molecule is C=Cc1ccc(NC(C)=O)cc1C=C. The van der Waals surface area contributed by atoms with E-state index in [1.54, 1.807) is 12.2 Å². The van der Waals surface area contributed by atoms with Gasteiger partial charge in [-0.3, -0.25) is 4.79 Å². The molecule has 0 saturated carbocycles. The molecular formula is C12H13NO. The fourth-order valence-corrected chi connectivity index (χ4v) is 1.22. The monoisotopic (exact) mass is 187 g/mol. The maximum absolute atomic E-state index is 10.8. The summed E-state index contributed by atoms with van der Waals surface area (Å²) in [5, 5.41) is 2.71. The van der Waals surface area contributed by atoms with Crippen molar-refractivity contribution in [3.05, 3.63) is 42.5 Å². The third-order valence-corrected chi connectivity index (χ3v) is 1.85. The Balaban J connectivity index is 3.07. The molecule has 0 aliphatic rings. The van der Waals surface area contributed by atoms with Crippen LogP contribution in [0.5, 0.6) is 0 Å². The van der Waals surface area contributed by atoms with E-state index in [1.165, 1.54) is 6.92 Å². The summed E-state index contributed by atoms with van der Waals surface area (Å²) in [6.07, 6.45) is 3.50. The lowest BCUT2D eigenvalue weighted by Crippen LogP contribution is -2.05. The lowest BCUT2D eigenvalue weighted by Gasteiger charge is -2.05. The van der Waals surface area contributed by atoms with Crippen LogP contribution in [0.4, 0.5) is 5.69 Å². The van der Waals surface area contributed by atoms with Crippen LogP contribution in [-0.2, 0) is 4.79 Å². The molecule has 2 heteroatoms. The molecule has 2 nitrogen and oxygen atoms in total. The molecule has 0 aliphatic heterocycles. The van der Waals surface area contributed by atoms with E-state index >= 15 is 0 Å². The van der Waals surface area contributed by atoms with Gasteiger partial charge in [-0.2, -0.15) is 0 Å². The molecule has 0 atom stereocenters. The molecule has 0 bridgehead atoms. The number of carbonyl (C=O) groups excluding carboxylic acids is 1. The van der Waals surface area contributed by atoms with Crippen molar-refractivity contribution < 1.29 is 4.79 Å². The van der Waals surface area contributed by atoms with Gasteiger partial charge in [0.1, 0.15) is 0 Å². The quantitative estimate of drug-likeness (QED) is 0.774. The number of rotatable bonds is 3. The summed E-state index contributed by atoms with van der Waals surface area (Å²) in [7, 11) is 0. The number of benzene rings is 1. The van der Waals surface area contributed by atoms with Gasteiger partial charge in [-0.25, -0.2) is 0 Å². The molecule has 0 aromatic heterocycles. The minimum absolute atomic E-state index is 0.0774. The first-order valence-corrected chi connectivity index (χ1v) is 4.34. The molecule has 14 heavy (non-hydrogen) atoms. The van der Waals surface area contributed by atoms with Crippen molar-refractivity contribution in [3.8, 4) is 0 Å². The molecule has 72 valence electrons. The third-order valence-electron chi connectivity index (χ3n) is 1.85. The van der Waals surface area contributed by atoms with Gasteiger partial charge in [0.2, 0.25) is 5.91 Å². The zero-order chi connectivity index (χ0) is 10.6. The fraction of sp³-hybridized carbons (Fsp3) is 0.0833. The van der Waals surface area contributed by atoms with E-state index in [1.807, 2.05) is 18.2 Å². The lowest BCUT2D eigenvalue weighted by molar-refractivity contribution is -0.114. The van der Waals surface area contributed by atoms with Crippen molar-refractivity contribution in [2.75, 3.05) is 5.32 Å². The van der Waals surface area contributed by atoms with Crippen LogP contribution in [0.15, 0.2) is 31.4 Å². The summed E-state index contributed by atoms with van der Waals surface area (Å²) in [6, 6.07) is 5.60. The van der Waals surface area contributed by atoms with Crippen LogP contribution in [-0.4, -0.2) is 5.91 Å². The van der Waals surface area contributed by atoms with Crippen molar-refractivity contribution in [1.82, 2.24) is 0 Å². The van der Waals surface area contributed by atoms with Crippen LogP contribution < -0.4 is 5.32 Å². The van der Waals surface area contributed by atoms with E-state index in [0.29, 0.717) is 0 Å². The number of nitrogens with one attached hydrogen (secondary N) is 1. The number of amides is 1. The smallest absolute Gasteiger partial charge is 0.221 e. The Kier molecular flexibility index (Phi) is 3.24. The van der Waals surface area contributed by atoms with E-state index in [4.69, 9.17) is 0 Å². The standard InChI is InChI=1S/C12H13NO/c1-4-10-6-7-12(13-9(3)14)8-11(10)5-2/h4-8H,1-2H2,3H3,(H,13,14). The van der Waals surface area contributed by atoms with Gasteiger partial charge in [0.15, 0.2) is 0 Å². The van der Waals surface area contributed by atoms with Gasteiger partial charge in [-0.05, 0) is 23.3 Å². The topological polar surface area (TPSA) is 29.1 Å². The molecule has 0 aliphatic carbocycles. The molecule has 1 rings (SSSR count). The summed E-state index contributed by atoms with van der Waals surface area (Å²) < 4.78 is 0. The zero-order valence-electron chi connectivity index (χ0n) is 8.21. The highest BCUT2D eigenvalue weighted by molar-refractivity contribution is 5.89. The highest BCUT2D eigenvalue weighted by atomic mass is 16.1. The molecular weight excluding hydrogens is 174 g/mol. The Morgan fingerprint density at radius 2 is 1.93 bits per heavy atom. The number of anilines is 1. The Hall–Kier alpha value is -1.83. The predicted octanol–water partition coefficient (Wildman–Crippen LogP) is 2.93. The molecule has 0 unspecified atom stereocenters. The summed E-state index contributed by atoms with van der Waals surface area (Å²) >= 11 is 0. The predicted molar refractivity (Wildman–Crippen MR) is 60.9 cm³/mol. The summed E-state index contributed by atoms with van der Waals surface area (Å²) in [4.78, 5) is 10.8. The summed E-state index contributed by atoms with van der Waals surface area (Å²) in [6.45, 7) is 8.88. The van der Waals surface area contributed by atoms with Gasteiger partial charge in [0.05, 0.1) is 0 Å². The molecule has 0 radical (unpaired) electrons. The van der Waals surface area contributed by atoms with Gasteiger partial charge in [0.25, 0.3) is 0 Å². The van der Waals surface area contributed by atoms with Gasteiger partial charge < -0.3 is 5.32 Å². The van der Waals surface area contributed by atoms with Gasteiger partial charge in [0, 0.05) is 12.6 Å². The molecule has 1 N–H and O–H groups in total. The Bertz CT molecular complexity index is 380. The maximum Gasteiger partial charge on any atom is 0.221 e. The number of hydrogen-bond acceptors (Lipinski definition) is 1. The van der Waals surface area contributed by atoms with Crippen LogP contribution in [0.3, 0.4) is 0 Å². The summed E-state index contributed by atoms with van der Waals surface area (Å²) in [5.74, 6) is -0.0774. The number of carbonyl (C=O) groups is 1. The minimum atomic E-state index is -0.0774. The van der Waals surface area contributed by atoms with Crippen molar-refractivity contribution in [1.29, 1.82) is 0 Å².